The summed E-state index contributed by atoms with van der Waals surface area (Å²) in [5.74, 6) is -1.09. The number of aliphatic carboxylic acids is 1. The van der Waals surface area contributed by atoms with Gasteiger partial charge in [-0.3, -0.25) is 0 Å². The van der Waals surface area contributed by atoms with Gasteiger partial charge in [0.25, 0.3) is 0 Å². The van der Waals surface area contributed by atoms with Gasteiger partial charge in [0.05, 0.1) is 4.90 Å². The summed E-state index contributed by atoms with van der Waals surface area (Å²) >= 11 is 0. The Labute approximate surface area is 113 Å². The predicted molar refractivity (Wildman–Crippen MR) is 72.4 cm³/mol. The molecular formula is C13H17NO4S. The van der Waals surface area contributed by atoms with E-state index in [1.54, 1.807) is 12.1 Å². The Bertz CT molecular complexity index is 578. The van der Waals surface area contributed by atoms with Crippen LogP contribution in [0.3, 0.4) is 0 Å². The summed E-state index contributed by atoms with van der Waals surface area (Å²) in [7, 11) is -3.53. The maximum atomic E-state index is 11.9. The molecule has 1 aromatic rings. The van der Waals surface area contributed by atoms with Crippen LogP contribution < -0.4 is 4.72 Å². The van der Waals surface area contributed by atoms with Crippen molar-refractivity contribution in [1.82, 2.24) is 4.72 Å². The van der Waals surface area contributed by atoms with Crippen molar-refractivity contribution in [3.05, 3.63) is 42.0 Å². The third-order valence-corrected chi connectivity index (χ3v) is 3.93. The summed E-state index contributed by atoms with van der Waals surface area (Å²) < 4.78 is 26.3. The third kappa shape index (κ3) is 4.50. The maximum absolute atomic E-state index is 11.9. The van der Waals surface area contributed by atoms with Crippen LogP contribution in [-0.4, -0.2) is 26.0 Å². The van der Waals surface area contributed by atoms with E-state index in [0.717, 1.165) is 0 Å². The predicted octanol–water partition coefficient (Wildman–Crippen LogP) is 1.56. The van der Waals surface area contributed by atoms with Crippen molar-refractivity contribution in [3.63, 3.8) is 0 Å². The topological polar surface area (TPSA) is 83.5 Å². The highest BCUT2D eigenvalue weighted by molar-refractivity contribution is 7.89. The number of carboxylic acids is 1. The molecule has 5 nitrogen and oxygen atoms in total. The summed E-state index contributed by atoms with van der Waals surface area (Å²) in [6, 6.07) is 6.20. The Hall–Kier alpha value is -1.66. The monoisotopic (exact) mass is 283 g/mol. The first-order valence-electron chi connectivity index (χ1n) is 5.86. The lowest BCUT2D eigenvalue weighted by atomic mass is 10.1. The number of hydrogen-bond acceptors (Lipinski definition) is 3. The van der Waals surface area contributed by atoms with Gasteiger partial charge < -0.3 is 5.11 Å². The number of hydrogen-bond donors (Lipinski definition) is 2. The average Bonchev–Trinajstić information content (AvgIpc) is 2.36. The summed E-state index contributed by atoms with van der Waals surface area (Å²) in [6.45, 7) is 5.67. The van der Waals surface area contributed by atoms with Crippen molar-refractivity contribution in [1.29, 1.82) is 0 Å². The van der Waals surface area contributed by atoms with Crippen LogP contribution in [0, 0.1) is 0 Å². The molecule has 1 aromatic carbocycles. The van der Waals surface area contributed by atoms with Gasteiger partial charge in [-0.2, -0.15) is 0 Å². The second-order valence-electron chi connectivity index (χ2n) is 4.13. The summed E-state index contributed by atoms with van der Waals surface area (Å²) in [5, 5.41) is 8.76. The number of carbonyl (C=O) groups is 1. The van der Waals surface area contributed by atoms with Gasteiger partial charge in [-0.25, -0.2) is 17.9 Å². The molecule has 0 saturated heterocycles. The minimum Gasteiger partial charge on any atom is -0.478 e. The lowest BCUT2D eigenvalue weighted by Gasteiger charge is -2.07. The first-order valence-corrected chi connectivity index (χ1v) is 7.35. The van der Waals surface area contributed by atoms with Gasteiger partial charge in [0.2, 0.25) is 10.0 Å². The van der Waals surface area contributed by atoms with Crippen LogP contribution >= 0.6 is 0 Å². The van der Waals surface area contributed by atoms with Crippen molar-refractivity contribution in [2.45, 2.75) is 24.7 Å². The van der Waals surface area contributed by atoms with Gasteiger partial charge >= 0.3 is 5.97 Å². The minimum atomic E-state index is -3.53. The Morgan fingerprint density at radius 1 is 1.42 bits per heavy atom. The molecule has 0 radical (unpaired) electrons. The number of nitrogens with one attached hydrogen (secondary N) is 1. The van der Waals surface area contributed by atoms with Crippen molar-refractivity contribution < 1.29 is 18.3 Å². The second-order valence-corrected chi connectivity index (χ2v) is 5.90. The van der Waals surface area contributed by atoms with Crippen LogP contribution in [0.4, 0.5) is 0 Å². The van der Waals surface area contributed by atoms with Gasteiger partial charge in [0.15, 0.2) is 0 Å². The molecule has 2 N–H and O–H groups in total. The van der Waals surface area contributed by atoms with E-state index in [0.29, 0.717) is 18.5 Å². The standard InChI is InChI=1S/C13H17NO4S/c1-3-7-14-19(17,18)12-6-4-5-11(9-12)8-10(2)13(15)16/h4-6,9,14H,2-3,7-8H2,1H3,(H,15,16). The third-order valence-electron chi connectivity index (χ3n) is 2.47. The Balaban J connectivity index is 2.94. The molecular weight excluding hydrogens is 266 g/mol. The van der Waals surface area contributed by atoms with Crippen LogP contribution in [0.1, 0.15) is 18.9 Å². The summed E-state index contributed by atoms with van der Waals surface area (Å²) in [5.41, 5.74) is 0.628. The highest BCUT2D eigenvalue weighted by Gasteiger charge is 2.14. The van der Waals surface area contributed by atoms with Crippen LogP contribution in [0.2, 0.25) is 0 Å². The summed E-state index contributed by atoms with van der Waals surface area (Å²) in [6.07, 6.45) is 0.821. The fraction of sp³-hybridized carbons (Fsp3) is 0.308. The number of rotatable bonds is 7. The van der Waals surface area contributed by atoms with Gasteiger partial charge in [0.1, 0.15) is 0 Å². The van der Waals surface area contributed by atoms with Crippen molar-refractivity contribution in [3.8, 4) is 0 Å². The molecule has 104 valence electrons. The van der Waals surface area contributed by atoms with Crippen LogP contribution in [-0.2, 0) is 21.2 Å². The fourth-order valence-electron chi connectivity index (χ4n) is 1.46. The Morgan fingerprint density at radius 3 is 2.68 bits per heavy atom. The van der Waals surface area contributed by atoms with Crippen LogP contribution in [0.25, 0.3) is 0 Å². The molecule has 0 aliphatic heterocycles. The minimum absolute atomic E-state index is 0.0241. The van der Waals surface area contributed by atoms with Crippen molar-refractivity contribution in [2.24, 2.45) is 0 Å². The molecule has 0 aromatic heterocycles. The van der Waals surface area contributed by atoms with E-state index in [-0.39, 0.29) is 16.9 Å². The zero-order valence-corrected chi connectivity index (χ0v) is 11.5. The maximum Gasteiger partial charge on any atom is 0.331 e. The number of sulfonamides is 1. The first kappa shape index (κ1) is 15.4. The quantitative estimate of drug-likeness (QED) is 0.744. The second kappa shape index (κ2) is 6.49. The normalized spacial score (nSPS) is 11.2. The van der Waals surface area contributed by atoms with E-state index >= 15 is 0 Å². The lowest BCUT2D eigenvalue weighted by Crippen LogP contribution is -2.24. The van der Waals surface area contributed by atoms with Gasteiger partial charge in [0, 0.05) is 18.5 Å². The molecule has 1 rings (SSSR count). The highest BCUT2D eigenvalue weighted by atomic mass is 32.2. The van der Waals surface area contributed by atoms with Crippen LogP contribution in [0.15, 0.2) is 41.3 Å². The molecule has 0 bridgehead atoms. The molecule has 0 spiro atoms. The zero-order chi connectivity index (χ0) is 14.5. The number of carboxylic acid groups (broad SMARTS) is 1. The average molecular weight is 283 g/mol. The zero-order valence-electron chi connectivity index (χ0n) is 10.7. The molecule has 0 saturated carbocycles. The molecule has 0 fully saturated rings. The Kier molecular flexibility index (Phi) is 5.26. The molecule has 0 heterocycles. The fourth-order valence-corrected chi connectivity index (χ4v) is 2.67. The van der Waals surface area contributed by atoms with E-state index in [2.05, 4.69) is 11.3 Å². The van der Waals surface area contributed by atoms with E-state index in [9.17, 15) is 13.2 Å². The molecule has 0 unspecified atom stereocenters. The van der Waals surface area contributed by atoms with Crippen LogP contribution in [0.5, 0.6) is 0 Å². The summed E-state index contributed by atoms with van der Waals surface area (Å²) in [4.78, 5) is 10.8. The van der Waals surface area contributed by atoms with Crippen molar-refractivity contribution >= 4 is 16.0 Å². The highest BCUT2D eigenvalue weighted by Crippen LogP contribution is 2.14. The van der Waals surface area contributed by atoms with E-state index in [1.165, 1.54) is 12.1 Å². The largest absolute Gasteiger partial charge is 0.478 e. The number of benzene rings is 1. The van der Waals surface area contributed by atoms with Gasteiger partial charge in [-0.15, -0.1) is 0 Å². The molecule has 0 atom stereocenters. The lowest BCUT2D eigenvalue weighted by molar-refractivity contribution is -0.132. The Morgan fingerprint density at radius 2 is 2.11 bits per heavy atom. The molecule has 6 heteroatoms. The van der Waals surface area contributed by atoms with Crippen molar-refractivity contribution in [2.75, 3.05) is 6.54 Å². The molecule has 0 aliphatic rings. The first-order chi connectivity index (χ1) is 8.86. The van der Waals surface area contributed by atoms with Gasteiger partial charge in [-0.1, -0.05) is 25.6 Å². The smallest absolute Gasteiger partial charge is 0.331 e. The molecule has 19 heavy (non-hydrogen) atoms. The molecule has 0 aliphatic carbocycles. The van der Waals surface area contributed by atoms with E-state index in [1.807, 2.05) is 6.92 Å². The van der Waals surface area contributed by atoms with E-state index < -0.39 is 16.0 Å². The van der Waals surface area contributed by atoms with E-state index in [4.69, 9.17) is 5.11 Å². The van der Waals surface area contributed by atoms with Gasteiger partial charge in [-0.05, 0) is 24.1 Å². The molecule has 0 amide bonds. The SMILES string of the molecule is C=C(Cc1cccc(S(=O)(=O)NCCC)c1)C(=O)O.